The molecule has 9 aromatic rings. The van der Waals surface area contributed by atoms with Crippen LogP contribution in [0.2, 0.25) is 0 Å². The summed E-state index contributed by atoms with van der Waals surface area (Å²) in [5.74, 6) is 0. The Bertz CT molecular complexity index is 3210. The first-order chi connectivity index (χ1) is 27.3. The zero-order valence-corrected chi connectivity index (χ0v) is 30.4. The van der Waals surface area contributed by atoms with E-state index in [4.69, 9.17) is 4.42 Å². The summed E-state index contributed by atoms with van der Waals surface area (Å²) in [6, 6.07) is 51.7. The van der Waals surface area contributed by atoms with Crippen molar-refractivity contribution >= 4 is 54.5 Å². The molecular weight excluding hydrogens is 667 g/mol. The average molecular weight is 704 g/mol. The minimum Gasteiger partial charge on any atom is -0.455 e. The van der Waals surface area contributed by atoms with Crippen LogP contribution in [-0.2, 0) is 5.41 Å². The highest BCUT2D eigenvalue weighted by atomic mass is 16.3. The van der Waals surface area contributed by atoms with Gasteiger partial charge in [0.2, 0.25) is 0 Å². The lowest BCUT2D eigenvalue weighted by Crippen LogP contribution is -2.31. The molecule has 0 saturated heterocycles. The summed E-state index contributed by atoms with van der Waals surface area (Å²) in [6.45, 7) is 0. The topological polar surface area (TPSA) is 18.1 Å². The number of nitrogens with zero attached hydrogens (tertiary/aromatic N) is 1. The van der Waals surface area contributed by atoms with Crippen molar-refractivity contribution in [3.8, 4) is 27.9 Å². The van der Waals surface area contributed by atoms with Crippen LogP contribution in [0.3, 0.4) is 0 Å². The second-order valence-corrected chi connectivity index (χ2v) is 15.4. The third-order valence-electron chi connectivity index (χ3n) is 12.5. The Morgan fingerprint density at radius 3 is 2.27 bits per heavy atom. The summed E-state index contributed by atoms with van der Waals surface area (Å²) in [5.41, 5.74) is 15.7. The number of allylic oxidation sites excluding steroid dienone is 8. The molecule has 0 fully saturated rings. The highest BCUT2D eigenvalue weighted by Crippen LogP contribution is 2.61. The van der Waals surface area contributed by atoms with Gasteiger partial charge in [0.15, 0.2) is 0 Å². The van der Waals surface area contributed by atoms with Crippen molar-refractivity contribution in [2.45, 2.75) is 31.1 Å². The van der Waals surface area contributed by atoms with Crippen molar-refractivity contribution in [3.05, 3.63) is 198 Å². The summed E-state index contributed by atoms with van der Waals surface area (Å²) < 4.78 is 9.10. The van der Waals surface area contributed by atoms with Gasteiger partial charge in [0.25, 0.3) is 0 Å². The van der Waals surface area contributed by atoms with Gasteiger partial charge in [-0.3, -0.25) is 0 Å². The number of rotatable bonds is 4. The second kappa shape index (κ2) is 11.7. The molecular formula is C53H37NO. The number of furan rings is 1. The van der Waals surface area contributed by atoms with Crippen LogP contribution in [0.15, 0.2) is 192 Å². The predicted octanol–water partition coefficient (Wildman–Crippen LogP) is 14.3. The fourth-order valence-electron chi connectivity index (χ4n) is 10.2. The van der Waals surface area contributed by atoms with E-state index >= 15 is 0 Å². The Kier molecular flexibility index (Phi) is 6.54. The van der Waals surface area contributed by atoms with E-state index in [9.17, 15) is 0 Å². The van der Waals surface area contributed by atoms with Crippen LogP contribution >= 0.6 is 0 Å². The smallest absolute Gasteiger partial charge is 0.143 e. The van der Waals surface area contributed by atoms with E-state index in [1.165, 1.54) is 66.0 Å². The summed E-state index contributed by atoms with van der Waals surface area (Å²) in [4.78, 5) is 0. The molecule has 12 rings (SSSR count). The van der Waals surface area contributed by atoms with E-state index in [1.54, 1.807) is 0 Å². The molecule has 1 unspecified atom stereocenters. The van der Waals surface area contributed by atoms with Crippen LogP contribution in [0, 0.1) is 0 Å². The monoisotopic (exact) mass is 703 g/mol. The molecule has 0 amide bonds. The van der Waals surface area contributed by atoms with Gasteiger partial charge in [0, 0.05) is 38.4 Å². The molecule has 3 aliphatic rings. The molecule has 2 heteroatoms. The Morgan fingerprint density at radius 2 is 1.40 bits per heavy atom. The van der Waals surface area contributed by atoms with Gasteiger partial charge in [-0.15, -0.1) is 0 Å². The minimum absolute atomic E-state index is 0.384. The molecule has 55 heavy (non-hydrogen) atoms. The molecule has 0 aliphatic heterocycles. The van der Waals surface area contributed by atoms with Gasteiger partial charge >= 0.3 is 0 Å². The van der Waals surface area contributed by atoms with Gasteiger partial charge in [0.05, 0.1) is 16.4 Å². The zero-order valence-electron chi connectivity index (χ0n) is 30.4. The Balaban J connectivity index is 1.20. The number of para-hydroxylation sites is 3. The lowest BCUT2D eigenvalue weighted by Gasteiger charge is -2.38. The quantitative estimate of drug-likeness (QED) is 0.178. The molecule has 2 aromatic heterocycles. The SMILES string of the molecule is C1=CCCC(C2(C3=CCCC=C3)c3cc4ccccc4cc3-c3c2ccc2c4ccccc4n(-c4cccc(-c5cccc6c5oc5ccccc56)c4)c32)=C1. The Morgan fingerprint density at radius 1 is 0.582 bits per heavy atom. The van der Waals surface area contributed by atoms with E-state index < -0.39 is 0 Å². The van der Waals surface area contributed by atoms with Gasteiger partial charge in [0.1, 0.15) is 11.2 Å². The average Bonchev–Trinajstić information content (AvgIpc) is 3.90. The van der Waals surface area contributed by atoms with Crippen molar-refractivity contribution in [2.75, 3.05) is 0 Å². The maximum Gasteiger partial charge on any atom is 0.143 e. The fraction of sp³-hybridized carbons (Fsp3) is 0.0943. The van der Waals surface area contributed by atoms with Crippen LogP contribution in [-0.4, -0.2) is 4.57 Å². The van der Waals surface area contributed by atoms with Crippen molar-refractivity contribution in [3.63, 3.8) is 0 Å². The lowest BCUT2D eigenvalue weighted by atomic mass is 9.64. The molecule has 0 bridgehead atoms. The summed E-state index contributed by atoms with van der Waals surface area (Å²) in [5, 5.41) is 7.39. The first-order valence-electron chi connectivity index (χ1n) is 19.6. The van der Waals surface area contributed by atoms with Crippen molar-refractivity contribution in [1.82, 2.24) is 4.57 Å². The van der Waals surface area contributed by atoms with Gasteiger partial charge < -0.3 is 8.98 Å². The van der Waals surface area contributed by atoms with Crippen LogP contribution in [0.5, 0.6) is 0 Å². The maximum atomic E-state index is 6.55. The maximum absolute atomic E-state index is 6.55. The van der Waals surface area contributed by atoms with Crippen molar-refractivity contribution in [1.29, 1.82) is 0 Å². The standard InChI is InChI=1S/C53H37NO/c1-3-18-37(19-4-1)53(38-20-5-2-6-21-38)46-30-29-43-41-23-9-11-27-48(41)54(51(43)50(46)45-32-34-15-7-8-16-35(34)33-47(45)53)39-22-13-17-36(31-39)40-25-14-26-44-42-24-10-12-28-49(42)55-52(40)44/h1,3,5,7-18,20-33H,2,4,6,19H2. The predicted molar refractivity (Wildman–Crippen MR) is 230 cm³/mol. The number of fused-ring (bicyclic) bond motifs is 11. The highest BCUT2D eigenvalue weighted by Gasteiger charge is 2.49. The van der Waals surface area contributed by atoms with Crippen LogP contribution in [0.4, 0.5) is 0 Å². The summed E-state index contributed by atoms with van der Waals surface area (Å²) in [6.07, 6.45) is 18.6. The Labute approximate surface area is 319 Å². The summed E-state index contributed by atoms with van der Waals surface area (Å²) >= 11 is 0. The molecule has 1 atom stereocenters. The Hall–Kier alpha value is -6.64. The molecule has 0 spiro atoms. The zero-order chi connectivity index (χ0) is 36.1. The van der Waals surface area contributed by atoms with Crippen molar-refractivity contribution < 1.29 is 4.42 Å². The number of hydrogen-bond donors (Lipinski definition) is 0. The van der Waals surface area contributed by atoms with Gasteiger partial charge in [-0.05, 0) is 101 Å². The third kappa shape index (κ3) is 4.25. The molecule has 2 nitrogen and oxygen atoms in total. The molecule has 2 heterocycles. The van der Waals surface area contributed by atoms with Crippen LogP contribution < -0.4 is 0 Å². The first kappa shape index (κ1) is 30.8. The van der Waals surface area contributed by atoms with Crippen molar-refractivity contribution in [2.24, 2.45) is 0 Å². The van der Waals surface area contributed by atoms with E-state index in [1.807, 2.05) is 6.07 Å². The molecule has 0 saturated carbocycles. The van der Waals surface area contributed by atoms with Gasteiger partial charge in [-0.25, -0.2) is 0 Å². The van der Waals surface area contributed by atoms with Gasteiger partial charge in [-0.2, -0.15) is 0 Å². The largest absolute Gasteiger partial charge is 0.455 e. The molecule has 7 aromatic carbocycles. The first-order valence-corrected chi connectivity index (χ1v) is 19.6. The normalized spacial score (nSPS) is 17.7. The van der Waals surface area contributed by atoms with E-state index in [-0.39, 0.29) is 5.41 Å². The van der Waals surface area contributed by atoms with E-state index in [2.05, 4.69) is 174 Å². The number of benzene rings is 7. The van der Waals surface area contributed by atoms with Crippen LogP contribution in [0.25, 0.3) is 82.5 Å². The van der Waals surface area contributed by atoms with E-state index in [0.717, 1.165) is 64.4 Å². The fourth-order valence-corrected chi connectivity index (χ4v) is 10.2. The third-order valence-corrected chi connectivity index (χ3v) is 12.5. The molecule has 3 aliphatic carbocycles. The number of aromatic nitrogens is 1. The lowest BCUT2D eigenvalue weighted by molar-refractivity contribution is 0.670. The van der Waals surface area contributed by atoms with Gasteiger partial charge in [-0.1, -0.05) is 145 Å². The minimum atomic E-state index is -0.384. The molecule has 0 radical (unpaired) electrons. The highest BCUT2D eigenvalue weighted by molar-refractivity contribution is 6.17. The number of hydrogen-bond acceptors (Lipinski definition) is 1. The molecule has 0 N–H and O–H groups in total. The summed E-state index contributed by atoms with van der Waals surface area (Å²) in [7, 11) is 0. The second-order valence-electron chi connectivity index (χ2n) is 15.4. The van der Waals surface area contributed by atoms with Crippen LogP contribution in [0.1, 0.15) is 36.8 Å². The molecule has 260 valence electrons. The van der Waals surface area contributed by atoms with E-state index in [0.29, 0.717) is 0 Å².